The van der Waals surface area contributed by atoms with Gasteiger partial charge in [0.25, 0.3) is 0 Å². The van der Waals surface area contributed by atoms with Crippen molar-refractivity contribution in [3.63, 3.8) is 0 Å². The van der Waals surface area contributed by atoms with Gasteiger partial charge in [-0.05, 0) is 56.3 Å². The molecule has 1 unspecified atom stereocenters. The number of anilines is 2. The zero-order chi connectivity index (χ0) is 22.4. The van der Waals surface area contributed by atoms with Gasteiger partial charge in [0.1, 0.15) is 5.82 Å². The number of fused-ring (bicyclic) bond motifs is 2. The fourth-order valence-corrected chi connectivity index (χ4v) is 5.03. The minimum Gasteiger partial charge on any atom is -0.363 e. The van der Waals surface area contributed by atoms with Crippen LogP contribution in [0, 0.1) is 6.92 Å². The number of hydrogen-bond donors (Lipinski definition) is 1. The maximum absolute atomic E-state index is 5.17. The van der Waals surface area contributed by atoms with E-state index in [0.29, 0.717) is 6.04 Å². The highest BCUT2D eigenvalue weighted by atomic mass is 15.3. The minimum absolute atomic E-state index is 0.334. The number of pyridine rings is 2. The molecule has 4 heterocycles. The minimum atomic E-state index is 0.334. The van der Waals surface area contributed by atoms with Gasteiger partial charge in [-0.3, -0.25) is 0 Å². The smallest absolute Gasteiger partial charge is 0.128 e. The predicted octanol–water partition coefficient (Wildman–Crippen LogP) is 5.80. The molecule has 5 nitrogen and oxygen atoms in total. The summed E-state index contributed by atoms with van der Waals surface area (Å²) in [5, 5.41) is 2.40. The Balaban J connectivity index is 1.43. The third-order valence-corrected chi connectivity index (χ3v) is 6.64. The zero-order valence-corrected chi connectivity index (χ0v) is 19.0. The van der Waals surface area contributed by atoms with Gasteiger partial charge in [0, 0.05) is 59.4 Å². The predicted molar refractivity (Wildman–Crippen MR) is 137 cm³/mol. The number of piperazine rings is 1. The fraction of sp³-hybridized carbons (Fsp3) is 0.214. The molecule has 1 saturated heterocycles. The summed E-state index contributed by atoms with van der Waals surface area (Å²) in [6.07, 6.45) is 1.87. The topological polar surface area (TPSA) is 48.1 Å². The van der Waals surface area contributed by atoms with Crippen LogP contribution in [0.3, 0.4) is 0 Å². The SMILES string of the molecule is Cc1cc2cc(-c3nc4ccccc4cc3N3CCN(c4ccccn4)CC3C)ccc2[nH]1. The van der Waals surface area contributed by atoms with Gasteiger partial charge in [0.2, 0.25) is 0 Å². The lowest BCUT2D eigenvalue weighted by Gasteiger charge is -2.42. The molecule has 33 heavy (non-hydrogen) atoms. The average Bonchev–Trinajstić information content (AvgIpc) is 3.23. The molecule has 5 heteroatoms. The summed E-state index contributed by atoms with van der Waals surface area (Å²) in [5.41, 5.74) is 6.77. The first-order valence-electron chi connectivity index (χ1n) is 11.6. The molecule has 6 rings (SSSR count). The average molecular weight is 434 g/mol. The van der Waals surface area contributed by atoms with Crippen molar-refractivity contribution in [2.45, 2.75) is 19.9 Å². The Labute approximate surface area is 193 Å². The van der Waals surface area contributed by atoms with E-state index in [4.69, 9.17) is 4.98 Å². The monoisotopic (exact) mass is 433 g/mol. The van der Waals surface area contributed by atoms with E-state index in [9.17, 15) is 0 Å². The van der Waals surface area contributed by atoms with E-state index in [1.54, 1.807) is 0 Å². The lowest BCUT2D eigenvalue weighted by Crippen LogP contribution is -2.52. The van der Waals surface area contributed by atoms with Gasteiger partial charge in [0.15, 0.2) is 0 Å². The fourth-order valence-electron chi connectivity index (χ4n) is 5.03. The summed E-state index contributed by atoms with van der Waals surface area (Å²) in [5.74, 6) is 1.05. The van der Waals surface area contributed by atoms with Crippen LogP contribution in [0.15, 0.2) is 79.0 Å². The zero-order valence-electron chi connectivity index (χ0n) is 19.0. The second-order valence-corrected chi connectivity index (χ2v) is 8.98. The number of para-hydroxylation sites is 1. The van der Waals surface area contributed by atoms with Crippen LogP contribution >= 0.6 is 0 Å². The maximum Gasteiger partial charge on any atom is 0.128 e. The van der Waals surface area contributed by atoms with Gasteiger partial charge in [-0.15, -0.1) is 0 Å². The molecule has 0 saturated carbocycles. The normalized spacial score (nSPS) is 16.6. The van der Waals surface area contributed by atoms with Gasteiger partial charge in [-0.25, -0.2) is 9.97 Å². The molecule has 5 aromatic rings. The summed E-state index contributed by atoms with van der Waals surface area (Å²) in [6.45, 7) is 7.19. The number of aromatic amines is 1. The van der Waals surface area contributed by atoms with Crippen LogP contribution in [0.2, 0.25) is 0 Å². The number of hydrogen-bond acceptors (Lipinski definition) is 4. The summed E-state index contributed by atoms with van der Waals surface area (Å²) in [7, 11) is 0. The quantitative estimate of drug-likeness (QED) is 0.391. The Kier molecular flexibility index (Phi) is 4.75. The Morgan fingerprint density at radius 2 is 1.79 bits per heavy atom. The Bertz CT molecular complexity index is 1440. The van der Waals surface area contributed by atoms with Gasteiger partial charge in [0.05, 0.1) is 16.9 Å². The van der Waals surface area contributed by atoms with Gasteiger partial charge in [-0.1, -0.05) is 30.3 Å². The Hall–Kier alpha value is -3.86. The summed E-state index contributed by atoms with van der Waals surface area (Å²) >= 11 is 0. The molecule has 3 aromatic heterocycles. The number of aromatic nitrogens is 3. The van der Waals surface area contributed by atoms with E-state index in [1.807, 2.05) is 12.3 Å². The van der Waals surface area contributed by atoms with E-state index in [-0.39, 0.29) is 0 Å². The third-order valence-electron chi connectivity index (χ3n) is 6.64. The molecule has 1 aliphatic rings. The molecule has 0 spiro atoms. The molecule has 0 radical (unpaired) electrons. The van der Waals surface area contributed by atoms with Crippen molar-refractivity contribution in [1.29, 1.82) is 0 Å². The molecule has 1 aliphatic heterocycles. The van der Waals surface area contributed by atoms with Crippen LogP contribution in [-0.2, 0) is 0 Å². The summed E-state index contributed by atoms with van der Waals surface area (Å²) < 4.78 is 0. The van der Waals surface area contributed by atoms with Crippen LogP contribution in [0.5, 0.6) is 0 Å². The first-order valence-corrected chi connectivity index (χ1v) is 11.6. The number of benzene rings is 2. The molecule has 2 aromatic carbocycles. The van der Waals surface area contributed by atoms with Crippen molar-refractivity contribution in [3.05, 3.63) is 84.7 Å². The maximum atomic E-state index is 5.17. The van der Waals surface area contributed by atoms with Gasteiger partial charge >= 0.3 is 0 Å². The van der Waals surface area contributed by atoms with Crippen molar-refractivity contribution in [2.75, 3.05) is 29.4 Å². The number of aryl methyl sites for hydroxylation is 1. The number of nitrogens with one attached hydrogen (secondary N) is 1. The number of rotatable bonds is 3. The van der Waals surface area contributed by atoms with E-state index in [2.05, 4.69) is 100 Å². The van der Waals surface area contributed by atoms with Crippen LogP contribution in [0.25, 0.3) is 33.1 Å². The van der Waals surface area contributed by atoms with Crippen LogP contribution < -0.4 is 9.80 Å². The molecule has 0 amide bonds. The third kappa shape index (κ3) is 3.59. The van der Waals surface area contributed by atoms with Crippen LogP contribution in [0.4, 0.5) is 11.5 Å². The molecule has 0 aliphatic carbocycles. The van der Waals surface area contributed by atoms with Crippen LogP contribution in [-0.4, -0.2) is 40.6 Å². The van der Waals surface area contributed by atoms with Crippen LogP contribution in [0.1, 0.15) is 12.6 Å². The second kappa shape index (κ2) is 7.93. The standard InChI is InChI=1S/C28H27N5/c1-19-15-23-16-22(10-11-25(23)30-19)28-26(17-21-7-3-4-8-24(21)31-28)33-14-13-32(18-20(33)2)27-9-5-6-12-29-27/h3-12,15-17,20,30H,13-14,18H2,1-2H3. The largest absolute Gasteiger partial charge is 0.363 e. The highest BCUT2D eigenvalue weighted by Gasteiger charge is 2.27. The Morgan fingerprint density at radius 3 is 2.64 bits per heavy atom. The lowest BCUT2D eigenvalue weighted by molar-refractivity contribution is 0.547. The lowest BCUT2D eigenvalue weighted by atomic mass is 10.0. The first kappa shape index (κ1) is 19.8. The molecular formula is C28H27N5. The summed E-state index contributed by atoms with van der Waals surface area (Å²) in [6, 6.07) is 26.0. The van der Waals surface area contributed by atoms with E-state index >= 15 is 0 Å². The van der Waals surface area contributed by atoms with E-state index < -0.39 is 0 Å². The number of H-pyrrole nitrogens is 1. The highest BCUT2D eigenvalue weighted by molar-refractivity contribution is 5.92. The van der Waals surface area contributed by atoms with Gasteiger partial charge in [-0.2, -0.15) is 0 Å². The van der Waals surface area contributed by atoms with Crippen molar-refractivity contribution >= 4 is 33.3 Å². The summed E-state index contributed by atoms with van der Waals surface area (Å²) in [4.78, 5) is 18.1. The first-order chi connectivity index (χ1) is 16.2. The van der Waals surface area contributed by atoms with Crippen molar-refractivity contribution in [3.8, 4) is 11.3 Å². The molecule has 1 fully saturated rings. The van der Waals surface area contributed by atoms with Gasteiger partial charge < -0.3 is 14.8 Å². The van der Waals surface area contributed by atoms with Crippen molar-refractivity contribution in [2.24, 2.45) is 0 Å². The number of nitrogens with zero attached hydrogens (tertiary/aromatic N) is 4. The van der Waals surface area contributed by atoms with E-state index in [0.717, 1.165) is 47.7 Å². The molecule has 1 N–H and O–H groups in total. The Morgan fingerprint density at radius 1 is 0.909 bits per heavy atom. The molecule has 164 valence electrons. The molecule has 1 atom stereocenters. The second-order valence-electron chi connectivity index (χ2n) is 8.98. The molecular weight excluding hydrogens is 406 g/mol. The highest BCUT2D eigenvalue weighted by Crippen LogP contribution is 2.36. The molecule has 0 bridgehead atoms. The van der Waals surface area contributed by atoms with Crippen molar-refractivity contribution < 1.29 is 0 Å². The van der Waals surface area contributed by atoms with Crippen molar-refractivity contribution in [1.82, 2.24) is 15.0 Å². The van der Waals surface area contributed by atoms with E-state index in [1.165, 1.54) is 22.2 Å².